The zero-order chi connectivity index (χ0) is 17.0. The Hall–Kier alpha value is -1.76. The van der Waals surface area contributed by atoms with E-state index in [-0.39, 0.29) is 46.5 Å². The fourth-order valence-electron chi connectivity index (χ4n) is 4.45. The van der Waals surface area contributed by atoms with Gasteiger partial charge in [-0.2, -0.15) is 0 Å². The first-order chi connectivity index (χ1) is 11.5. The molecule has 1 saturated heterocycles. The number of halogens is 1. The minimum Gasteiger partial charge on any atom is -0.497 e. The number of benzene rings is 1. The number of anilines is 1. The van der Waals surface area contributed by atoms with Gasteiger partial charge in [0, 0.05) is 12.0 Å². The highest BCUT2D eigenvalue weighted by Crippen LogP contribution is 2.60. The summed E-state index contributed by atoms with van der Waals surface area (Å²) in [5, 5.41) is 2.92. The Morgan fingerprint density at radius 1 is 1.29 bits per heavy atom. The number of carbonyl (C=O) groups excluding carboxylic acids is 2. The summed E-state index contributed by atoms with van der Waals surface area (Å²) in [6, 6.07) is 5.21. The van der Waals surface area contributed by atoms with Gasteiger partial charge in [0.15, 0.2) is 0 Å². The summed E-state index contributed by atoms with van der Waals surface area (Å²) in [6.07, 6.45) is 0.779. The Labute approximate surface area is 148 Å². The second-order valence-electron chi connectivity index (χ2n) is 6.52. The third-order valence-corrected chi connectivity index (χ3v) is 6.69. The zero-order valence-corrected chi connectivity index (χ0v) is 14.9. The maximum atomic E-state index is 12.9. The number of amides is 1. The smallest absolute Gasteiger partial charge is 0.310 e. The molecule has 0 aromatic heterocycles. The number of carbonyl (C=O) groups is 2. The Kier molecular flexibility index (Phi) is 3.71. The highest BCUT2D eigenvalue weighted by Gasteiger charge is 2.67. The fourth-order valence-corrected chi connectivity index (χ4v) is 5.49. The van der Waals surface area contributed by atoms with E-state index >= 15 is 0 Å². The van der Waals surface area contributed by atoms with Crippen LogP contribution in [0.2, 0.25) is 0 Å². The van der Waals surface area contributed by atoms with E-state index < -0.39 is 0 Å². The summed E-state index contributed by atoms with van der Waals surface area (Å²) in [4.78, 5) is 25.1. The van der Waals surface area contributed by atoms with Crippen molar-refractivity contribution in [2.75, 3.05) is 19.5 Å². The molecule has 1 heterocycles. The fraction of sp³-hybridized carbons (Fsp3) is 0.529. The van der Waals surface area contributed by atoms with Crippen LogP contribution in [0.15, 0.2) is 18.2 Å². The van der Waals surface area contributed by atoms with Crippen LogP contribution in [-0.2, 0) is 14.3 Å². The van der Waals surface area contributed by atoms with Gasteiger partial charge in [0.25, 0.3) is 0 Å². The molecule has 7 heteroatoms. The molecule has 3 aliphatic rings. The summed E-state index contributed by atoms with van der Waals surface area (Å²) in [6.45, 7) is 0. The van der Waals surface area contributed by atoms with Crippen LogP contribution in [0.4, 0.5) is 5.69 Å². The molecule has 24 heavy (non-hydrogen) atoms. The van der Waals surface area contributed by atoms with E-state index in [0.717, 1.165) is 6.42 Å². The van der Waals surface area contributed by atoms with E-state index in [1.54, 1.807) is 25.3 Å². The molecule has 2 saturated carbocycles. The molecule has 1 N–H and O–H groups in total. The van der Waals surface area contributed by atoms with Crippen LogP contribution in [0.5, 0.6) is 11.5 Å². The van der Waals surface area contributed by atoms with Crippen LogP contribution in [0.3, 0.4) is 0 Å². The molecular formula is C17H18BrNO5. The van der Waals surface area contributed by atoms with Crippen molar-refractivity contribution in [2.24, 2.45) is 23.7 Å². The molecule has 3 fully saturated rings. The second-order valence-corrected chi connectivity index (χ2v) is 7.57. The number of rotatable bonds is 4. The zero-order valence-electron chi connectivity index (χ0n) is 13.3. The molecule has 128 valence electrons. The number of ether oxygens (including phenoxy) is 3. The summed E-state index contributed by atoms with van der Waals surface area (Å²) in [7, 11) is 3.11. The number of hydrogen-bond acceptors (Lipinski definition) is 5. The number of nitrogens with one attached hydrogen (secondary N) is 1. The average molecular weight is 396 g/mol. The van der Waals surface area contributed by atoms with Crippen LogP contribution in [0, 0.1) is 23.7 Å². The SMILES string of the molecule is COc1ccc(NC(=O)[C@@H]2[C@H]3C[C@H]4[C@H](OC(=O)[C@@H]42)[C@H]3Br)c(OC)c1. The number of alkyl halides is 1. The van der Waals surface area contributed by atoms with Gasteiger partial charge in [0.1, 0.15) is 17.6 Å². The lowest BCUT2D eigenvalue weighted by molar-refractivity contribution is -0.145. The molecule has 2 aliphatic carbocycles. The van der Waals surface area contributed by atoms with E-state index in [0.29, 0.717) is 17.2 Å². The van der Waals surface area contributed by atoms with E-state index in [2.05, 4.69) is 21.2 Å². The maximum absolute atomic E-state index is 12.9. The number of hydrogen-bond donors (Lipinski definition) is 1. The van der Waals surface area contributed by atoms with E-state index in [4.69, 9.17) is 14.2 Å². The van der Waals surface area contributed by atoms with Crippen LogP contribution in [0.25, 0.3) is 0 Å². The average Bonchev–Trinajstić information content (AvgIpc) is 3.19. The molecule has 1 amide bonds. The minimum absolute atomic E-state index is 0.0544. The summed E-state index contributed by atoms with van der Waals surface area (Å²) in [5.74, 6) is 0.367. The normalized spacial score (nSPS) is 35.7. The van der Waals surface area contributed by atoms with Crippen molar-refractivity contribution in [2.45, 2.75) is 17.4 Å². The molecule has 1 aromatic carbocycles. The van der Waals surface area contributed by atoms with E-state index in [1.165, 1.54) is 7.11 Å². The van der Waals surface area contributed by atoms with Gasteiger partial charge in [-0.05, 0) is 24.5 Å². The van der Waals surface area contributed by atoms with Crippen molar-refractivity contribution in [3.63, 3.8) is 0 Å². The van der Waals surface area contributed by atoms with Crippen molar-refractivity contribution >= 4 is 33.5 Å². The van der Waals surface area contributed by atoms with Gasteiger partial charge in [-0.25, -0.2) is 0 Å². The Morgan fingerprint density at radius 2 is 2.08 bits per heavy atom. The predicted octanol–water partition coefficient (Wildman–Crippen LogP) is 2.21. The lowest BCUT2D eigenvalue weighted by atomic mass is 9.79. The molecule has 6 atom stereocenters. The molecule has 1 aliphatic heterocycles. The third-order valence-electron chi connectivity index (χ3n) is 5.49. The highest BCUT2D eigenvalue weighted by atomic mass is 79.9. The van der Waals surface area contributed by atoms with Crippen molar-refractivity contribution in [3.8, 4) is 11.5 Å². The summed E-state index contributed by atoms with van der Waals surface area (Å²) in [5.41, 5.74) is 0.570. The van der Waals surface area contributed by atoms with Gasteiger partial charge in [0.05, 0.1) is 36.6 Å². The molecular weight excluding hydrogens is 378 g/mol. The first-order valence-electron chi connectivity index (χ1n) is 7.92. The number of methoxy groups -OCH3 is 2. The minimum atomic E-state index is -0.363. The quantitative estimate of drug-likeness (QED) is 0.624. The van der Waals surface area contributed by atoms with Gasteiger partial charge in [-0.3, -0.25) is 9.59 Å². The van der Waals surface area contributed by atoms with Crippen LogP contribution >= 0.6 is 15.9 Å². The lowest BCUT2D eigenvalue weighted by Crippen LogP contribution is -2.40. The Bertz CT molecular complexity index is 708. The van der Waals surface area contributed by atoms with E-state index in [9.17, 15) is 9.59 Å². The molecule has 1 aromatic rings. The number of fused-ring (bicyclic) bond motifs is 1. The van der Waals surface area contributed by atoms with Crippen molar-refractivity contribution in [1.82, 2.24) is 0 Å². The Morgan fingerprint density at radius 3 is 2.79 bits per heavy atom. The second kappa shape index (κ2) is 5.65. The third kappa shape index (κ3) is 2.13. The van der Waals surface area contributed by atoms with Gasteiger partial charge < -0.3 is 19.5 Å². The first kappa shape index (κ1) is 15.7. The summed E-state index contributed by atoms with van der Waals surface area (Å²) >= 11 is 3.62. The van der Waals surface area contributed by atoms with Crippen molar-refractivity contribution in [1.29, 1.82) is 0 Å². The number of esters is 1. The van der Waals surface area contributed by atoms with Crippen molar-refractivity contribution in [3.05, 3.63) is 18.2 Å². The monoisotopic (exact) mass is 395 g/mol. The molecule has 0 spiro atoms. The first-order valence-corrected chi connectivity index (χ1v) is 8.84. The van der Waals surface area contributed by atoms with Gasteiger partial charge in [-0.15, -0.1) is 0 Å². The van der Waals surface area contributed by atoms with Gasteiger partial charge >= 0.3 is 5.97 Å². The lowest BCUT2D eigenvalue weighted by Gasteiger charge is -2.27. The molecule has 0 unspecified atom stereocenters. The topological polar surface area (TPSA) is 73.9 Å². The van der Waals surface area contributed by atoms with Crippen LogP contribution < -0.4 is 14.8 Å². The van der Waals surface area contributed by atoms with E-state index in [1.807, 2.05) is 0 Å². The standard InChI is InChI=1S/C17H18BrNO5/c1-22-7-3-4-10(11(5-7)23-2)19-16(20)12-8-6-9-13(12)17(21)24-15(9)14(8)18/h3-5,8-9,12-15H,6H2,1-2H3,(H,19,20)/t8-,9-,12-,13+,14+,15+/m1/s1. The Balaban J connectivity index is 1.58. The molecule has 2 bridgehead atoms. The summed E-state index contributed by atoms with van der Waals surface area (Å²) < 4.78 is 15.9. The highest BCUT2D eigenvalue weighted by molar-refractivity contribution is 9.09. The molecule has 0 radical (unpaired) electrons. The van der Waals surface area contributed by atoms with Crippen LogP contribution in [0.1, 0.15) is 6.42 Å². The van der Waals surface area contributed by atoms with Crippen molar-refractivity contribution < 1.29 is 23.8 Å². The maximum Gasteiger partial charge on any atom is 0.310 e. The van der Waals surface area contributed by atoms with Crippen LogP contribution in [-0.4, -0.2) is 37.0 Å². The molecule has 4 rings (SSSR count). The predicted molar refractivity (Wildman–Crippen MR) is 89.3 cm³/mol. The largest absolute Gasteiger partial charge is 0.497 e. The molecule has 6 nitrogen and oxygen atoms in total. The van der Waals surface area contributed by atoms with Gasteiger partial charge in [-0.1, -0.05) is 15.9 Å². The van der Waals surface area contributed by atoms with Gasteiger partial charge in [0.2, 0.25) is 5.91 Å².